The van der Waals surface area contributed by atoms with Gasteiger partial charge in [0, 0.05) is 0 Å². The first-order valence-electron chi connectivity index (χ1n) is 5.69. The molecule has 90 valence electrons. The number of hydrogen-bond donors (Lipinski definition) is 2. The third-order valence-corrected chi connectivity index (χ3v) is 2.01. The second-order valence-corrected chi connectivity index (χ2v) is 3.50. The summed E-state index contributed by atoms with van der Waals surface area (Å²) >= 11 is 0. The van der Waals surface area contributed by atoms with Crippen LogP contribution in [0.5, 0.6) is 0 Å². The van der Waals surface area contributed by atoms with Gasteiger partial charge in [-0.05, 0) is 19.8 Å². The largest absolute Gasteiger partial charge is 0.389 e. The van der Waals surface area contributed by atoms with Crippen LogP contribution in [0.25, 0.3) is 0 Å². The Labute approximate surface area is 98.3 Å². The van der Waals surface area contributed by atoms with Crippen LogP contribution in [-0.4, -0.2) is 22.4 Å². The third kappa shape index (κ3) is 9.44. The molecule has 0 aliphatic heterocycles. The highest BCUT2D eigenvalue weighted by molar-refractivity contribution is 5.08. The van der Waals surface area contributed by atoms with E-state index in [9.17, 15) is 10.2 Å². The van der Waals surface area contributed by atoms with E-state index in [1.165, 1.54) is 0 Å². The molecule has 2 atom stereocenters. The standard InChI is InChI=1S/C14H22O2/c1-3-5-7-11-14(16)12-9-6-8-10-13(15)4-2/h3,5-11,13-16H,4,12H2,1-2H3. The van der Waals surface area contributed by atoms with E-state index in [2.05, 4.69) is 0 Å². The molecule has 0 aliphatic carbocycles. The van der Waals surface area contributed by atoms with Crippen molar-refractivity contribution in [3.8, 4) is 0 Å². The van der Waals surface area contributed by atoms with Crippen molar-refractivity contribution >= 4 is 0 Å². The average molecular weight is 222 g/mol. The minimum absolute atomic E-state index is 0.371. The maximum atomic E-state index is 9.49. The van der Waals surface area contributed by atoms with Crippen molar-refractivity contribution < 1.29 is 10.2 Å². The maximum Gasteiger partial charge on any atom is 0.0758 e. The molecule has 16 heavy (non-hydrogen) atoms. The molecule has 0 aromatic heterocycles. The second-order valence-electron chi connectivity index (χ2n) is 3.50. The fourth-order valence-corrected chi connectivity index (χ4v) is 1.01. The molecule has 0 fully saturated rings. The Kier molecular flexibility index (Phi) is 9.67. The maximum absolute atomic E-state index is 9.49. The summed E-state index contributed by atoms with van der Waals surface area (Å²) in [4.78, 5) is 0. The summed E-state index contributed by atoms with van der Waals surface area (Å²) in [7, 11) is 0. The molecule has 2 N–H and O–H groups in total. The summed E-state index contributed by atoms with van der Waals surface area (Å²) in [6.07, 6.45) is 15.1. The Hall–Kier alpha value is -1.12. The van der Waals surface area contributed by atoms with Gasteiger partial charge in [-0.2, -0.15) is 0 Å². The van der Waals surface area contributed by atoms with Crippen LogP contribution in [0.2, 0.25) is 0 Å². The lowest BCUT2D eigenvalue weighted by atomic mass is 10.2. The zero-order valence-electron chi connectivity index (χ0n) is 10.1. The van der Waals surface area contributed by atoms with E-state index in [4.69, 9.17) is 0 Å². The van der Waals surface area contributed by atoms with Gasteiger partial charge in [0.1, 0.15) is 0 Å². The molecule has 0 saturated carbocycles. The van der Waals surface area contributed by atoms with Crippen molar-refractivity contribution in [3.05, 3.63) is 48.6 Å². The molecule has 0 radical (unpaired) electrons. The Morgan fingerprint density at radius 2 is 1.56 bits per heavy atom. The fraction of sp³-hybridized carbons (Fsp3) is 0.429. The van der Waals surface area contributed by atoms with Crippen molar-refractivity contribution in [2.75, 3.05) is 0 Å². The number of allylic oxidation sites excluding steroid dienone is 5. The lowest BCUT2D eigenvalue weighted by Crippen LogP contribution is -1.99. The van der Waals surface area contributed by atoms with Crippen molar-refractivity contribution in [3.63, 3.8) is 0 Å². The van der Waals surface area contributed by atoms with Gasteiger partial charge >= 0.3 is 0 Å². The summed E-state index contributed by atoms with van der Waals surface area (Å²) in [5, 5.41) is 18.7. The topological polar surface area (TPSA) is 40.5 Å². The van der Waals surface area contributed by atoms with Gasteiger partial charge in [-0.25, -0.2) is 0 Å². The summed E-state index contributed by atoms with van der Waals surface area (Å²) in [6.45, 7) is 3.86. The lowest BCUT2D eigenvalue weighted by molar-refractivity contribution is 0.219. The highest BCUT2D eigenvalue weighted by atomic mass is 16.3. The number of aliphatic hydroxyl groups excluding tert-OH is 2. The predicted molar refractivity (Wildman–Crippen MR) is 69.2 cm³/mol. The van der Waals surface area contributed by atoms with Gasteiger partial charge in [0.15, 0.2) is 0 Å². The van der Waals surface area contributed by atoms with E-state index in [-0.39, 0.29) is 6.10 Å². The molecule has 0 aliphatic rings. The van der Waals surface area contributed by atoms with E-state index in [1.807, 2.05) is 44.2 Å². The normalized spacial score (nSPS) is 17.0. The van der Waals surface area contributed by atoms with Crippen LogP contribution >= 0.6 is 0 Å². The molecule has 0 heterocycles. The van der Waals surface area contributed by atoms with Crippen LogP contribution in [0.4, 0.5) is 0 Å². The summed E-state index contributed by atoms with van der Waals surface area (Å²) in [6, 6.07) is 0. The SMILES string of the molecule is CC=CC=CC(O)CC=CC=CC(O)CC. The summed E-state index contributed by atoms with van der Waals surface area (Å²) in [5.74, 6) is 0. The van der Waals surface area contributed by atoms with E-state index in [0.29, 0.717) is 6.42 Å². The number of aliphatic hydroxyl groups is 2. The molecule has 0 aromatic rings. The Morgan fingerprint density at radius 3 is 2.19 bits per heavy atom. The molecule has 0 bridgehead atoms. The van der Waals surface area contributed by atoms with Crippen molar-refractivity contribution in [1.29, 1.82) is 0 Å². The van der Waals surface area contributed by atoms with Crippen LogP contribution in [0, 0.1) is 0 Å². The molecule has 0 spiro atoms. The van der Waals surface area contributed by atoms with Gasteiger partial charge in [-0.15, -0.1) is 0 Å². The minimum Gasteiger partial charge on any atom is -0.389 e. The molecular formula is C14H22O2. The Bertz CT molecular complexity index is 262. The van der Waals surface area contributed by atoms with Gasteiger partial charge < -0.3 is 10.2 Å². The first kappa shape index (κ1) is 14.9. The van der Waals surface area contributed by atoms with Gasteiger partial charge in [-0.1, -0.05) is 55.5 Å². The molecule has 0 saturated heterocycles. The van der Waals surface area contributed by atoms with E-state index in [0.717, 1.165) is 6.42 Å². The Balaban J connectivity index is 3.78. The quantitative estimate of drug-likeness (QED) is 0.650. The van der Waals surface area contributed by atoms with Crippen molar-refractivity contribution in [1.82, 2.24) is 0 Å². The van der Waals surface area contributed by atoms with Crippen LogP contribution in [0.15, 0.2) is 48.6 Å². The van der Waals surface area contributed by atoms with Crippen LogP contribution in [0.3, 0.4) is 0 Å². The number of rotatable bonds is 7. The molecule has 2 heteroatoms. The zero-order chi connectivity index (χ0) is 12.2. The molecule has 2 nitrogen and oxygen atoms in total. The lowest BCUT2D eigenvalue weighted by Gasteiger charge is -1.99. The number of hydrogen-bond acceptors (Lipinski definition) is 2. The monoisotopic (exact) mass is 222 g/mol. The molecule has 2 unspecified atom stereocenters. The smallest absolute Gasteiger partial charge is 0.0758 e. The first-order chi connectivity index (χ1) is 7.70. The van der Waals surface area contributed by atoms with Crippen LogP contribution < -0.4 is 0 Å². The first-order valence-corrected chi connectivity index (χ1v) is 5.69. The van der Waals surface area contributed by atoms with Crippen molar-refractivity contribution in [2.24, 2.45) is 0 Å². The van der Waals surface area contributed by atoms with Crippen LogP contribution in [-0.2, 0) is 0 Å². The van der Waals surface area contributed by atoms with Gasteiger partial charge in [-0.3, -0.25) is 0 Å². The van der Waals surface area contributed by atoms with Crippen molar-refractivity contribution in [2.45, 2.75) is 38.9 Å². The summed E-state index contributed by atoms with van der Waals surface area (Å²) < 4.78 is 0. The highest BCUT2D eigenvalue weighted by Crippen LogP contribution is 1.97. The fourth-order valence-electron chi connectivity index (χ4n) is 1.01. The third-order valence-electron chi connectivity index (χ3n) is 2.01. The zero-order valence-corrected chi connectivity index (χ0v) is 10.1. The van der Waals surface area contributed by atoms with Gasteiger partial charge in [0.05, 0.1) is 12.2 Å². The van der Waals surface area contributed by atoms with E-state index in [1.54, 1.807) is 18.2 Å². The Morgan fingerprint density at radius 1 is 0.938 bits per heavy atom. The minimum atomic E-state index is -0.447. The highest BCUT2D eigenvalue weighted by Gasteiger charge is 1.93. The molecule has 0 aromatic carbocycles. The van der Waals surface area contributed by atoms with Gasteiger partial charge in [0.25, 0.3) is 0 Å². The molecule has 0 amide bonds. The van der Waals surface area contributed by atoms with E-state index >= 15 is 0 Å². The second kappa shape index (κ2) is 10.4. The van der Waals surface area contributed by atoms with Gasteiger partial charge in [0.2, 0.25) is 0 Å². The average Bonchev–Trinajstić information content (AvgIpc) is 2.28. The summed E-state index contributed by atoms with van der Waals surface area (Å²) in [5.41, 5.74) is 0. The molecule has 0 rings (SSSR count). The predicted octanol–water partition coefficient (Wildman–Crippen LogP) is 2.75. The molecular weight excluding hydrogens is 200 g/mol. The van der Waals surface area contributed by atoms with Crippen LogP contribution in [0.1, 0.15) is 26.7 Å². The van der Waals surface area contributed by atoms with E-state index < -0.39 is 6.10 Å².